The third-order valence-electron chi connectivity index (χ3n) is 4.73. The van der Waals surface area contributed by atoms with E-state index in [4.69, 9.17) is 16.3 Å². The van der Waals surface area contributed by atoms with Crippen molar-refractivity contribution in [3.63, 3.8) is 0 Å². The second-order valence-electron chi connectivity index (χ2n) is 7.13. The number of ether oxygens (including phenoxy) is 1. The molecular weight excluding hydrogens is 412 g/mol. The second kappa shape index (κ2) is 11.2. The van der Waals surface area contributed by atoms with Crippen LogP contribution in [0.5, 0.6) is 5.75 Å². The molecule has 0 bridgehead atoms. The summed E-state index contributed by atoms with van der Waals surface area (Å²) >= 11 is 6.14. The zero-order valence-electron chi connectivity index (χ0n) is 17.3. The first-order valence-corrected chi connectivity index (χ1v) is 10.5. The number of aryl methyl sites for hydroxylation is 1. The van der Waals surface area contributed by atoms with E-state index in [1.807, 2.05) is 61.5 Å². The molecule has 0 aromatic heterocycles. The van der Waals surface area contributed by atoms with E-state index in [1.165, 1.54) is 0 Å². The molecule has 31 heavy (non-hydrogen) atoms. The zero-order chi connectivity index (χ0) is 22.1. The summed E-state index contributed by atoms with van der Waals surface area (Å²) in [5, 5.41) is 6.14. The van der Waals surface area contributed by atoms with Crippen molar-refractivity contribution in [1.29, 1.82) is 0 Å². The SMILES string of the molecule is Cc1ccc(OCCNC(=O)C[C@@H](NC(=O)c2ccccc2Cl)c2ccccc2)cc1. The van der Waals surface area contributed by atoms with Gasteiger partial charge in [-0.3, -0.25) is 9.59 Å². The molecule has 0 aliphatic carbocycles. The van der Waals surface area contributed by atoms with Crippen LogP contribution in [0.25, 0.3) is 0 Å². The standard InChI is InChI=1S/C25H25ClN2O3/c1-18-11-13-20(14-12-18)31-16-15-27-24(29)17-23(19-7-3-2-4-8-19)28-25(30)21-9-5-6-10-22(21)26/h2-14,23H,15-17H2,1H3,(H,27,29)(H,28,30)/t23-/m1/s1. The Morgan fingerprint density at radius 3 is 2.32 bits per heavy atom. The number of nitrogens with one attached hydrogen (secondary N) is 2. The molecule has 0 heterocycles. The Morgan fingerprint density at radius 1 is 0.935 bits per heavy atom. The molecule has 1 atom stereocenters. The van der Waals surface area contributed by atoms with Gasteiger partial charge in [0, 0.05) is 0 Å². The smallest absolute Gasteiger partial charge is 0.253 e. The summed E-state index contributed by atoms with van der Waals surface area (Å²) in [7, 11) is 0. The van der Waals surface area contributed by atoms with E-state index < -0.39 is 6.04 Å². The molecule has 2 N–H and O–H groups in total. The lowest BCUT2D eigenvalue weighted by Crippen LogP contribution is -2.35. The Hall–Kier alpha value is -3.31. The fraction of sp³-hybridized carbons (Fsp3) is 0.200. The maximum absolute atomic E-state index is 12.7. The molecule has 160 valence electrons. The van der Waals surface area contributed by atoms with Crippen molar-refractivity contribution >= 4 is 23.4 Å². The number of carbonyl (C=O) groups excluding carboxylic acids is 2. The minimum atomic E-state index is -0.483. The molecule has 3 aromatic carbocycles. The summed E-state index contributed by atoms with van der Waals surface area (Å²) in [6.45, 7) is 2.74. The van der Waals surface area contributed by atoms with Crippen LogP contribution in [0.4, 0.5) is 0 Å². The number of halogens is 1. The number of carbonyl (C=O) groups is 2. The number of amides is 2. The predicted molar refractivity (Wildman–Crippen MR) is 122 cm³/mol. The van der Waals surface area contributed by atoms with Gasteiger partial charge in [-0.2, -0.15) is 0 Å². The summed E-state index contributed by atoms with van der Waals surface area (Å²) in [4.78, 5) is 25.2. The van der Waals surface area contributed by atoms with Gasteiger partial charge in [0.15, 0.2) is 0 Å². The largest absolute Gasteiger partial charge is 0.492 e. The molecule has 0 saturated heterocycles. The molecule has 0 aliphatic heterocycles. The second-order valence-corrected chi connectivity index (χ2v) is 7.54. The quantitative estimate of drug-likeness (QED) is 0.477. The van der Waals surface area contributed by atoms with Crippen LogP contribution in [0.1, 0.15) is 33.9 Å². The van der Waals surface area contributed by atoms with E-state index in [9.17, 15) is 9.59 Å². The Morgan fingerprint density at radius 2 is 1.61 bits per heavy atom. The highest BCUT2D eigenvalue weighted by molar-refractivity contribution is 6.33. The van der Waals surface area contributed by atoms with Gasteiger partial charge in [-0.1, -0.05) is 71.8 Å². The van der Waals surface area contributed by atoms with Crippen LogP contribution < -0.4 is 15.4 Å². The van der Waals surface area contributed by atoms with E-state index in [0.29, 0.717) is 23.7 Å². The minimum Gasteiger partial charge on any atom is -0.492 e. The van der Waals surface area contributed by atoms with E-state index in [2.05, 4.69) is 10.6 Å². The molecule has 2 amide bonds. The highest BCUT2D eigenvalue weighted by atomic mass is 35.5. The molecular formula is C25H25ClN2O3. The van der Waals surface area contributed by atoms with Gasteiger partial charge >= 0.3 is 0 Å². The first kappa shape index (κ1) is 22.4. The summed E-state index contributed by atoms with van der Waals surface area (Å²) in [6.07, 6.45) is 0.102. The molecule has 0 fully saturated rings. The first-order chi connectivity index (χ1) is 15.0. The van der Waals surface area contributed by atoms with Crippen LogP contribution in [-0.2, 0) is 4.79 Å². The van der Waals surface area contributed by atoms with Crippen LogP contribution in [0.2, 0.25) is 5.02 Å². The van der Waals surface area contributed by atoms with Crippen molar-refractivity contribution in [2.24, 2.45) is 0 Å². The summed E-state index contributed by atoms with van der Waals surface area (Å²) < 4.78 is 5.64. The van der Waals surface area contributed by atoms with Crippen LogP contribution in [0.15, 0.2) is 78.9 Å². The number of hydrogen-bond acceptors (Lipinski definition) is 3. The lowest BCUT2D eigenvalue weighted by atomic mass is 10.0. The molecule has 3 aromatic rings. The van der Waals surface area contributed by atoms with Gasteiger partial charge in [0.2, 0.25) is 5.91 Å². The maximum atomic E-state index is 12.7. The average Bonchev–Trinajstić information content (AvgIpc) is 2.78. The van der Waals surface area contributed by atoms with E-state index in [1.54, 1.807) is 24.3 Å². The summed E-state index contributed by atoms with van der Waals surface area (Å²) in [5.74, 6) is 0.254. The highest BCUT2D eigenvalue weighted by Crippen LogP contribution is 2.20. The molecule has 0 aliphatic rings. The molecule has 6 heteroatoms. The molecule has 0 radical (unpaired) electrons. The van der Waals surface area contributed by atoms with E-state index in [-0.39, 0.29) is 18.2 Å². The van der Waals surface area contributed by atoms with Crippen molar-refractivity contribution in [3.8, 4) is 5.75 Å². The van der Waals surface area contributed by atoms with Gasteiger partial charge < -0.3 is 15.4 Å². The van der Waals surface area contributed by atoms with Gasteiger partial charge in [-0.05, 0) is 36.8 Å². The third kappa shape index (κ3) is 6.86. The van der Waals surface area contributed by atoms with Crippen LogP contribution in [0, 0.1) is 6.92 Å². The zero-order valence-corrected chi connectivity index (χ0v) is 18.1. The Balaban J connectivity index is 1.56. The fourth-order valence-corrected chi connectivity index (χ4v) is 3.29. The van der Waals surface area contributed by atoms with Crippen molar-refractivity contribution in [2.45, 2.75) is 19.4 Å². The van der Waals surface area contributed by atoms with E-state index in [0.717, 1.165) is 16.9 Å². The van der Waals surface area contributed by atoms with Crippen molar-refractivity contribution in [3.05, 3.63) is 101 Å². The number of hydrogen-bond donors (Lipinski definition) is 2. The lowest BCUT2D eigenvalue weighted by Gasteiger charge is -2.19. The molecule has 0 saturated carbocycles. The Bertz CT molecular complexity index is 1010. The van der Waals surface area contributed by atoms with Gasteiger partial charge in [0.05, 0.1) is 29.6 Å². The van der Waals surface area contributed by atoms with Crippen molar-refractivity contribution in [2.75, 3.05) is 13.2 Å². The van der Waals surface area contributed by atoms with Gasteiger partial charge in [0.1, 0.15) is 12.4 Å². The molecule has 3 rings (SSSR count). The predicted octanol–water partition coefficient (Wildman–Crippen LogP) is 4.70. The van der Waals surface area contributed by atoms with Crippen molar-refractivity contribution < 1.29 is 14.3 Å². The topological polar surface area (TPSA) is 67.4 Å². The Labute approximate surface area is 187 Å². The van der Waals surface area contributed by atoms with Gasteiger partial charge in [-0.15, -0.1) is 0 Å². The van der Waals surface area contributed by atoms with Gasteiger partial charge in [-0.25, -0.2) is 0 Å². The first-order valence-electron chi connectivity index (χ1n) is 10.1. The normalized spacial score (nSPS) is 11.4. The summed E-state index contributed by atoms with van der Waals surface area (Å²) in [5.41, 5.74) is 2.37. The monoisotopic (exact) mass is 436 g/mol. The van der Waals surface area contributed by atoms with E-state index >= 15 is 0 Å². The molecule has 0 unspecified atom stereocenters. The van der Waals surface area contributed by atoms with Crippen LogP contribution in [0.3, 0.4) is 0 Å². The van der Waals surface area contributed by atoms with Crippen molar-refractivity contribution in [1.82, 2.24) is 10.6 Å². The molecule has 0 spiro atoms. The third-order valence-corrected chi connectivity index (χ3v) is 5.06. The lowest BCUT2D eigenvalue weighted by molar-refractivity contribution is -0.121. The Kier molecular flexibility index (Phi) is 8.07. The number of rotatable bonds is 9. The molecule has 5 nitrogen and oxygen atoms in total. The van der Waals surface area contributed by atoms with Crippen LogP contribution in [-0.4, -0.2) is 25.0 Å². The number of benzene rings is 3. The fourth-order valence-electron chi connectivity index (χ4n) is 3.07. The summed E-state index contributed by atoms with van der Waals surface area (Å²) in [6, 6.07) is 23.5. The maximum Gasteiger partial charge on any atom is 0.253 e. The minimum absolute atomic E-state index is 0.102. The average molecular weight is 437 g/mol. The van der Waals surface area contributed by atoms with Gasteiger partial charge in [0.25, 0.3) is 5.91 Å². The highest BCUT2D eigenvalue weighted by Gasteiger charge is 2.20. The van der Waals surface area contributed by atoms with Crippen LogP contribution >= 0.6 is 11.6 Å².